The van der Waals surface area contributed by atoms with Crippen molar-refractivity contribution in [1.29, 1.82) is 0 Å². The second kappa shape index (κ2) is 6.23. The zero-order chi connectivity index (χ0) is 17.4. The fourth-order valence-electron chi connectivity index (χ4n) is 2.36. The molecule has 0 aliphatic rings. The first-order valence-corrected chi connectivity index (χ1v) is 8.03. The number of aromatic nitrogens is 4. The third kappa shape index (κ3) is 2.97. The van der Waals surface area contributed by atoms with Crippen LogP contribution in [0.5, 0.6) is 11.5 Å². The lowest BCUT2D eigenvalue weighted by atomic mass is 10.2. The molecular weight excluding hydrogens is 363 g/mol. The summed E-state index contributed by atoms with van der Waals surface area (Å²) in [4.78, 5) is 19.5. The number of aromatic amines is 1. The average Bonchev–Trinajstić information content (AvgIpc) is 3.14. The van der Waals surface area contributed by atoms with Gasteiger partial charge in [-0.1, -0.05) is 29.3 Å². The summed E-state index contributed by atoms with van der Waals surface area (Å²) in [5.74, 6) is 1.20. The summed E-state index contributed by atoms with van der Waals surface area (Å²) in [7, 11) is 0. The van der Waals surface area contributed by atoms with E-state index in [2.05, 4.69) is 15.1 Å². The van der Waals surface area contributed by atoms with Crippen LogP contribution in [0.15, 0.2) is 59.7 Å². The number of hydrogen-bond donors (Lipinski definition) is 1. The van der Waals surface area contributed by atoms with E-state index in [4.69, 9.17) is 27.9 Å². The summed E-state index contributed by atoms with van der Waals surface area (Å²) >= 11 is 12.1. The Balaban J connectivity index is 1.76. The zero-order valence-electron chi connectivity index (χ0n) is 12.6. The second-order valence-electron chi connectivity index (χ2n) is 5.17. The Labute approximate surface area is 151 Å². The molecule has 6 nitrogen and oxygen atoms in total. The van der Waals surface area contributed by atoms with Crippen molar-refractivity contribution in [2.45, 2.75) is 0 Å². The van der Waals surface area contributed by atoms with Gasteiger partial charge >= 0.3 is 0 Å². The van der Waals surface area contributed by atoms with Crippen LogP contribution in [0.2, 0.25) is 10.0 Å². The van der Waals surface area contributed by atoms with E-state index in [1.54, 1.807) is 54.9 Å². The summed E-state index contributed by atoms with van der Waals surface area (Å²) in [5, 5.41) is 5.16. The maximum absolute atomic E-state index is 12.4. The molecular formula is C17H10Cl2N4O2. The predicted octanol–water partition coefficient (Wildman–Crippen LogP) is 4.21. The van der Waals surface area contributed by atoms with E-state index in [0.717, 1.165) is 0 Å². The highest BCUT2D eigenvalue weighted by atomic mass is 35.5. The highest BCUT2D eigenvalue weighted by molar-refractivity contribution is 6.42. The van der Waals surface area contributed by atoms with E-state index >= 15 is 0 Å². The van der Waals surface area contributed by atoms with Gasteiger partial charge in [0, 0.05) is 12.4 Å². The molecule has 8 heteroatoms. The predicted molar refractivity (Wildman–Crippen MR) is 96.0 cm³/mol. The molecule has 25 heavy (non-hydrogen) atoms. The minimum atomic E-state index is -0.293. The van der Waals surface area contributed by atoms with Gasteiger partial charge in [-0.3, -0.25) is 9.78 Å². The maximum atomic E-state index is 12.4. The van der Waals surface area contributed by atoms with Crippen LogP contribution >= 0.6 is 23.2 Å². The lowest BCUT2D eigenvalue weighted by molar-refractivity contribution is 0.483. The molecule has 1 N–H and O–H groups in total. The quantitative estimate of drug-likeness (QED) is 0.584. The van der Waals surface area contributed by atoms with Gasteiger partial charge in [0.1, 0.15) is 16.5 Å². The van der Waals surface area contributed by atoms with Crippen molar-refractivity contribution in [3.63, 3.8) is 0 Å². The van der Waals surface area contributed by atoms with Gasteiger partial charge in [-0.15, -0.1) is 0 Å². The number of hydrogen-bond acceptors (Lipinski definition) is 4. The molecule has 0 radical (unpaired) electrons. The van der Waals surface area contributed by atoms with Crippen LogP contribution in [0.4, 0.5) is 0 Å². The number of benzene rings is 2. The molecule has 2 aromatic heterocycles. The fraction of sp³-hybridized carbons (Fsp3) is 0. The molecule has 0 saturated heterocycles. The topological polar surface area (TPSA) is 72.8 Å². The number of rotatable bonds is 3. The number of halogens is 2. The Hall–Kier alpha value is -2.83. The highest BCUT2D eigenvalue weighted by Gasteiger charge is 2.10. The van der Waals surface area contributed by atoms with E-state index in [9.17, 15) is 4.79 Å². The number of fused-ring (bicyclic) bond motifs is 1. The SMILES string of the molecule is O=c1[nH]c(-n2cccn2)nc2ccc(Oc3cccc(Cl)c3Cl)cc12. The van der Waals surface area contributed by atoms with E-state index in [1.165, 1.54) is 4.68 Å². The van der Waals surface area contributed by atoms with Crippen molar-refractivity contribution >= 4 is 34.1 Å². The molecule has 0 unspecified atom stereocenters. The van der Waals surface area contributed by atoms with Crippen molar-refractivity contribution in [1.82, 2.24) is 19.7 Å². The molecule has 0 bridgehead atoms. The molecule has 0 aliphatic heterocycles. The summed E-state index contributed by atoms with van der Waals surface area (Å²) < 4.78 is 7.22. The molecule has 0 atom stereocenters. The van der Waals surface area contributed by atoms with Crippen LogP contribution in [-0.4, -0.2) is 19.7 Å². The summed E-state index contributed by atoms with van der Waals surface area (Å²) in [6.45, 7) is 0. The van der Waals surface area contributed by atoms with Gasteiger partial charge in [-0.2, -0.15) is 5.10 Å². The van der Waals surface area contributed by atoms with Crippen LogP contribution in [0, 0.1) is 0 Å². The van der Waals surface area contributed by atoms with E-state index in [-0.39, 0.29) is 5.56 Å². The first-order valence-electron chi connectivity index (χ1n) is 7.28. The molecule has 0 saturated carbocycles. The molecule has 0 amide bonds. The molecule has 0 fully saturated rings. The second-order valence-corrected chi connectivity index (χ2v) is 5.96. The van der Waals surface area contributed by atoms with Crippen LogP contribution in [0.25, 0.3) is 16.9 Å². The third-order valence-corrected chi connectivity index (χ3v) is 4.33. The third-order valence-electron chi connectivity index (χ3n) is 3.53. The molecule has 2 heterocycles. The molecule has 124 valence electrons. The Kier molecular flexibility index (Phi) is 3.91. The smallest absolute Gasteiger partial charge is 0.260 e. The normalized spacial score (nSPS) is 11.0. The Morgan fingerprint density at radius 2 is 2.00 bits per heavy atom. The van der Waals surface area contributed by atoms with E-state index in [0.29, 0.717) is 38.4 Å². The molecule has 2 aromatic carbocycles. The minimum absolute atomic E-state index is 0.293. The van der Waals surface area contributed by atoms with Gasteiger partial charge in [-0.05, 0) is 36.4 Å². The lowest BCUT2D eigenvalue weighted by Gasteiger charge is -2.09. The molecule has 4 rings (SSSR count). The van der Waals surface area contributed by atoms with Gasteiger partial charge in [0.05, 0.1) is 15.9 Å². The van der Waals surface area contributed by atoms with Gasteiger partial charge in [0.2, 0.25) is 5.95 Å². The number of nitrogens with one attached hydrogen (secondary N) is 1. The summed E-state index contributed by atoms with van der Waals surface area (Å²) in [6, 6.07) is 11.9. The van der Waals surface area contributed by atoms with E-state index in [1.807, 2.05) is 0 Å². The van der Waals surface area contributed by atoms with Crippen LogP contribution in [0.3, 0.4) is 0 Å². The molecule has 0 aliphatic carbocycles. The Morgan fingerprint density at radius 3 is 2.80 bits per heavy atom. The largest absolute Gasteiger partial charge is 0.456 e. The van der Waals surface area contributed by atoms with Gasteiger partial charge < -0.3 is 4.74 Å². The first kappa shape index (κ1) is 15.7. The summed E-state index contributed by atoms with van der Waals surface area (Å²) in [5.41, 5.74) is 0.233. The first-order chi connectivity index (χ1) is 12.1. The fourth-order valence-corrected chi connectivity index (χ4v) is 2.69. The zero-order valence-corrected chi connectivity index (χ0v) is 14.1. The molecule has 4 aromatic rings. The number of ether oxygens (including phenoxy) is 1. The molecule has 0 spiro atoms. The van der Waals surface area contributed by atoms with Crippen molar-refractivity contribution in [3.05, 3.63) is 75.3 Å². The minimum Gasteiger partial charge on any atom is -0.456 e. The lowest BCUT2D eigenvalue weighted by Crippen LogP contribution is -2.13. The van der Waals surface area contributed by atoms with Crippen LogP contribution < -0.4 is 10.3 Å². The number of H-pyrrole nitrogens is 1. The van der Waals surface area contributed by atoms with Crippen molar-refractivity contribution in [2.75, 3.05) is 0 Å². The van der Waals surface area contributed by atoms with Crippen LogP contribution in [0.1, 0.15) is 0 Å². The van der Waals surface area contributed by atoms with Gasteiger partial charge in [0.25, 0.3) is 5.56 Å². The van der Waals surface area contributed by atoms with Crippen LogP contribution in [-0.2, 0) is 0 Å². The summed E-state index contributed by atoms with van der Waals surface area (Å²) in [6.07, 6.45) is 3.30. The highest BCUT2D eigenvalue weighted by Crippen LogP contribution is 2.35. The Morgan fingerprint density at radius 1 is 1.12 bits per heavy atom. The van der Waals surface area contributed by atoms with Gasteiger partial charge in [0.15, 0.2) is 0 Å². The number of nitrogens with zero attached hydrogens (tertiary/aromatic N) is 3. The van der Waals surface area contributed by atoms with Crippen molar-refractivity contribution < 1.29 is 4.74 Å². The monoisotopic (exact) mass is 372 g/mol. The van der Waals surface area contributed by atoms with E-state index < -0.39 is 0 Å². The standard InChI is InChI=1S/C17H10Cl2N4O2/c18-12-3-1-4-14(15(12)19)25-10-5-6-13-11(9-10)16(24)22-17(21-13)23-8-2-7-20-23/h1-9H,(H,21,22,24). The Bertz CT molecular complexity index is 1120. The van der Waals surface area contributed by atoms with Crippen molar-refractivity contribution in [3.8, 4) is 17.4 Å². The maximum Gasteiger partial charge on any atom is 0.260 e. The average molecular weight is 373 g/mol. The van der Waals surface area contributed by atoms with Crippen molar-refractivity contribution in [2.24, 2.45) is 0 Å². The van der Waals surface area contributed by atoms with Gasteiger partial charge in [-0.25, -0.2) is 9.67 Å².